The summed E-state index contributed by atoms with van der Waals surface area (Å²) in [6.45, 7) is 2.20. The van der Waals surface area contributed by atoms with Crippen molar-refractivity contribution in [1.82, 2.24) is 15.2 Å². The summed E-state index contributed by atoms with van der Waals surface area (Å²) in [5.41, 5.74) is 3.38. The van der Waals surface area contributed by atoms with E-state index in [9.17, 15) is 0 Å². The Hall–Kier alpha value is -2.53. The molecule has 0 spiro atoms. The van der Waals surface area contributed by atoms with Gasteiger partial charge in [0.15, 0.2) is 0 Å². The Labute approximate surface area is 150 Å². The Morgan fingerprint density at radius 2 is 1.84 bits per heavy atom. The molecule has 0 aliphatic carbocycles. The van der Waals surface area contributed by atoms with Gasteiger partial charge in [0.1, 0.15) is 0 Å². The number of nitrogens with one attached hydrogen (secondary N) is 1. The van der Waals surface area contributed by atoms with Gasteiger partial charge in [-0.15, -0.1) is 10.2 Å². The van der Waals surface area contributed by atoms with Gasteiger partial charge in [-0.25, -0.2) is 0 Å². The van der Waals surface area contributed by atoms with Crippen LogP contribution in [0.5, 0.6) is 0 Å². The zero-order chi connectivity index (χ0) is 17.1. The number of nitrogens with zero attached hydrogens (tertiary/aromatic N) is 2. The first-order valence-electron chi connectivity index (χ1n) is 8.40. The standard InChI is InChI=1S/C20H19N3OS/c1-14(11-12-15-7-3-2-4-8-15)25-20-23-22-19(24-20)17-13-21-18-10-6-5-9-16(17)18/h2-10,13-14,21H,11-12H2,1H3/t14-/m0/s1. The van der Waals surface area contributed by atoms with E-state index in [1.165, 1.54) is 5.56 Å². The van der Waals surface area contributed by atoms with Crippen molar-refractivity contribution >= 4 is 22.7 Å². The van der Waals surface area contributed by atoms with Gasteiger partial charge in [0.25, 0.3) is 11.1 Å². The summed E-state index contributed by atoms with van der Waals surface area (Å²) in [7, 11) is 0. The van der Waals surface area contributed by atoms with E-state index in [4.69, 9.17) is 4.42 Å². The van der Waals surface area contributed by atoms with E-state index in [-0.39, 0.29) is 0 Å². The van der Waals surface area contributed by atoms with Gasteiger partial charge in [0, 0.05) is 22.3 Å². The van der Waals surface area contributed by atoms with Crippen molar-refractivity contribution in [3.05, 3.63) is 66.4 Å². The van der Waals surface area contributed by atoms with E-state index < -0.39 is 0 Å². The quantitative estimate of drug-likeness (QED) is 0.478. The number of thioether (sulfide) groups is 1. The predicted octanol–water partition coefficient (Wildman–Crippen LogP) is 5.33. The van der Waals surface area contributed by atoms with E-state index in [1.54, 1.807) is 11.8 Å². The maximum absolute atomic E-state index is 5.88. The molecule has 2 aromatic heterocycles. The van der Waals surface area contributed by atoms with Gasteiger partial charge in [-0.3, -0.25) is 0 Å². The molecule has 0 saturated heterocycles. The number of rotatable bonds is 6. The van der Waals surface area contributed by atoms with E-state index in [0.717, 1.165) is 29.3 Å². The molecule has 0 amide bonds. The highest BCUT2D eigenvalue weighted by Gasteiger charge is 2.15. The molecular weight excluding hydrogens is 330 g/mol. The minimum Gasteiger partial charge on any atom is -0.411 e. The molecule has 5 heteroatoms. The Morgan fingerprint density at radius 1 is 1.04 bits per heavy atom. The number of hydrogen-bond acceptors (Lipinski definition) is 4. The van der Waals surface area contributed by atoms with Crippen LogP contribution in [0.4, 0.5) is 0 Å². The van der Waals surface area contributed by atoms with Gasteiger partial charge in [0.2, 0.25) is 0 Å². The lowest BCUT2D eigenvalue weighted by molar-refractivity contribution is 0.465. The third kappa shape index (κ3) is 3.61. The van der Waals surface area contributed by atoms with Gasteiger partial charge in [-0.2, -0.15) is 0 Å². The molecule has 2 heterocycles. The number of para-hydroxylation sites is 1. The van der Waals surface area contributed by atoms with Gasteiger partial charge in [-0.1, -0.05) is 67.2 Å². The molecule has 4 nitrogen and oxygen atoms in total. The predicted molar refractivity (Wildman–Crippen MR) is 102 cm³/mol. The Kier molecular flexibility index (Phi) is 4.57. The van der Waals surface area contributed by atoms with Crippen LogP contribution in [0.2, 0.25) is 0 Å². The van der Waals surface area contributed by atoms with Crippen LogP contribution in [0.1, 0.15) is 18.9 Å². The van der Waals surface area contributed by atoms with Crippen LogP contribution in [-0.2, 0) is 6.42 Å². The molecule has 0 radical (unpaired) electrons. The molecule has 4 rings (SSSR count). The summed E-state index contributed by atoms with van der Waals surface area (Å²) in [6.07, 6.45) is 4.05. The summed E-state index contributed by atoms with van der Waals surface area (Å²) in [6, 6.07) is 18.7. The summed E-state index contributed by atoms with van der Waals surface area (Å²) in [5.74, 6) is 0.565. The topological polar surface area (TPSA) is 54.7 Å². The van der Waals surface area contributed by atoms with Crippen molar-refractivity contribution in [3.8, 4) is 11.5 Å². The van der Waals surface area contributed by atoms with Crippen molar-refractivity contribution in [2.24, 2.45) is 0 Å². The molecule has 2 aromatic carbocycles. The summed E-state index contributed by atoms with van der Waals surface area (Å²) in [5, 5.41) is 10.6. The number of aryl methyl sites for hydroxylation is 1. The third-order valence-corrected chi connectivity index (χ3v) is 5.22. The average molecular weight is 349 g/mol. The highest BCUT2D eigenvalue weighted by atomic mass is 32.2. The summed E-state index contributed by atoms with van der Waals surface area (Å²) in [4.78, 5) is 3.24. The van der Waals surface area contributed by atoms with Crippen molar-refractivity contribution < 1.29 is 4.42 Å². The highest BCUT2D eigenvalue weighted by Crippen LogP contribution is 2.31. The molecule has 25 heavy (non-hydrogen) atoms. The van der Waals surface area contributed by atoms with Crippen LogP contribution >= 0.6 is 11.8 Å². The van der Waals surface area contributed by atoms with E-state index in [2.05, 4.69) is 52.4 Å². The average Bonchev–Trinajstić information content (AvgIpc) is 3.27. The number of H-pyrrole nitrogens is 1. The lowest BCUT2D eigenvalue weighted by Crippen LogP contribution is -1.98. The molecule has 0 bridgehead atoms. The van der Waals surface area contributed by atoms with Crippen molar-refractivity contribution in [2.75, 3.05) is 0 Å². The van der Waals surface area contributed by atoms with Gasteiger partial charge >= 0.3 is 0 Å². The maximum Gasteiger partial charge on any atom is 0.277 e. The highest BCUT2D eigenvalue weighted by molar-refractivity contribution is 7.99. The summed E-state index contributed by atoms with van der Waals surface area (Å²) < 4.78 is 5.88. The number of hydrogen-bond donors (Lipinski definition) is 1. The fourth-order valence-corrected chi connectivity index (χ4v) is 3.66. The molecule has 0 unspecified atom stereocenters. The Morgan fingerprint density at radius 3 is 2.72 bits per heavy atom. The SMILES string of the molecule is C[C@@H](CCc1ccccc1)Sc1nnc(-c2c[nH]c3ccccc23)o1. The normalized spacial score (nSPS) is 12.5. The lowest BCUT2D eigenvalue weighted by atomic mass is 10.1. The third-order valence-electron chi connectivity index (χ3n) is 4.21. The molecule has 0 aliphatic heterocycles. The number of aromatic amines is 1. The first kappa shape index (κ1) is 16.0. The molecule has 0 aliphatic rings. The fourth-order valence-electron chi connectivity index (χ4n) is 2.86. The number of aromatic nitrogens is 3. The van der Waals surface area contributed by atoms with Crippen LogP contribution in [0, 0.1) is 0 Å². The zero-order valence-corrected chi connectivity index (χ0v) is 14.8. The van der Waals surface area contributed by atoms with Crippen LogP contribution < -0.4 is 0 Å². The van der Waals surface area contributed by atoms with Crippen LogP contribution in [0.15, 0.2) is 70.4 Å². The molecule has 1 N–H and O–H groups in total. The number of fused-ring (bicyclic) bond motifs is 1. The van der Waals surface area contributed by atoms with Gasteiger partial charge in [-0.05, 0) is 24.5 Å². The minimum atomic E-state index is 0.413. The smallest absolute Gasteiger partial charge is 0.277 e. The van der Waals surface area contributed by atoms with Crippen LogP contribution in [0.3, 0.4) is 0 Å². The minimum absolute atomic E-state index is 0.413. The van der Waals surface area contributed by atoms with Gasteiger partial charge < -0.3 is 9.40 Å². The first-order valence-corrected chi connectivity index (χ1v) is 9.28. The van der Waals surface area contributed by atoms with E-state index in [0.29, 0.717) is 16.4 Å². The molecule has 0 fully saturated rings. The lowest BCUT2D eigenvalue weighted by Gasteiger charge is -2.07. The van der Waals surface area contributed by atoms with Gasteiger partial charge in [0.05, 0.1) is 5.56 Å². The fraction of sp³-hybridized carbons (Fsp3) is 0.200. The maximum atomic E-state index is 5.88. The molecule has 126 valence electrons. The molecule has 0 saturated carbocycles. The number of benzene rings is 2. The Bertz CT molecular complexity index is 961. The summed E-state index contributed by atoms with van der Waals surface area (Å²) >= 11 is 1.64. The van der Waals surface area contributed by atoms with Crippen molar-refractivity contribution in [1.29, 1.82) is 0 Å². The van der Waals surface area contributed by atoms with E-state index >= 15 is 0 Å². The monoisotopic (exact) mass is 349 g/mol. The van der Waals surface area contributed by atoms with Crippen molar-refractivity contribution in [2.45, 2.75) is 30.2 Å². The second-order valence-electron chi connectivity index (χ2n) is 6.07. The second kappa shape index (κ2) is 7.15. The largest absolute Gasteiger partial charge is 0.411 e. The zero-order valence-electron chi connectivity index (χ0n) is 14.0. The van der Waals surface area contributed by atoms with Crippen molar-refractivity contribution in [3.63, 3.8) is 0 Å². The molecule has 4 aromatic rings. The second-order valence-corrected chi connectivity index (χ2v) is 7.46. The first-order chi connectivity index (χ1) is 12.3. The molecular formula is C20H19N3OS. The Balaban J connectivity index is 1.43. The van der Waals surface area contributed by atoms with Crippen LogP contribution in [-0.4, -0.2) is 20.4 Å². The van der Waals surface area contributed by atoms with Crippen LogP contribution in [0.25, 0.3) is 22.4 Å². The molecule has 1 atom stereocenters. The van der Waals surface area contributed by atoms with E-state index in [1.807, 2.05) is 30.5 Å².